The third-order valence-electron chi connectivity index (χ3n) is 4.98. The van der Waals surface area contributed by atoms with Crippen molar-refractivity contribution in [3.8, 4) is 0 Å². The summed E-state index contributed by atoms with van der Waals surface area (Å²) in [6.07, 6.45) is -14.2. The van der Waals surface area contributed by atoms with Crippen molar-refractivity contribution in [2.24, 2.45) is 5.41 Å². The van der Waals surface area contributed by atoms with Gasteiger partial charge in [-0.25, -0.2) is 4.74 Å². The summed E-state index contributed by atoms with van der Waals surface area (Å²) < 4.78 is 140. The lowest BCUT2D eigenvalue weighted by Crippen LogP contribution is -2.56. The van der Waals surface area contributed by atoms with Crippen LogP contribution in [0, 0.1) is 5.41 Å². The Morgan fingerprint density at radius 3 is 2.00 bits per heavy atom. The molecule has 0 aromatic carbocycles. The van der Waals surface area contributed by atoms with Gasteiger partial charge in [-0.1, -0.05) is 12.2 Å². The van der Waals surface area contributed by atoms with E-state index >= 15 is 0 Å². The van der Waals surface area contributed by atoms with Gasteiger partial charge in [-0.2, -0.15) is 43.5 Å². The number of aliphatic hydroxyl groups is 1. The normalized spacial score (nSPS) is 22.6. The molecule has 0 bridgehead atoms. The summed E-state index contributed by atoms with van der Waals surface area (Å²) in [6, 6.07) is 0. The van der Waals surface area contributed by atoms with Crippen molar-refractivity contribution in [3.63, 3.8) is 0 Å². The molecule has 31 heavy (non-hydrogen) atoms. The smallest absolute Gasteiger partial charge is 0.390 e. The molecule has 0 aromatic heterocycles. The van der Waals surface area contributed by atoms with Gasteiger partial charge in [-0.15, -0.1) is 0 Å². The fourth-order valence-corrected chi connectivity index (χ4v) is 4.15. The first-order valence-corrected chi connectivity index (χ1v) is 10.5. The zero-order valence-corrected chi connectivity index (χ0v) is 17.5. The Kier molecular flexibility index (Phi) is 7.61. The summed E-state index contributed by atoms with van der Waals surface area (Å²) in [7, 11) is -6.97. The molecule has 5 nitrogen and oxygen atoms in total. The Balaban J connectivity index is 3.11. The molecule has 0 radical (unpaired) electrons. The third-order valence-corrected chi connectivity index (χ3v) is 5.87. The van der Waals surface area contributed by atoms with Gasteiger partial charge in [0.05, 0.1) is 5.60 Å². The molecule has 1 saturated carbocycles. The lowest BCUT2D eigenvalue weighted by Gasteiger charge is -2.43. The van der Waals surface area contributed by atoms with Crippen LogP contribution in [0.25, 0.3) is 0 Å². The molecule has 1 aliphatic rings. The second kappa shape index (κ2) is 8.41. The van der Waals surface area contributed by atoms with Gasteiger partial charge in [0.2, 0.25) is 0 Å². The van der Waals surface area contributed by atoms with E-state index in [1.807, 2.05) is 0 Å². The fraction of sp³-hybridized carbons (Fsp3) is 0.882. The Morgan fingerprint density at radius 1 is 1.06 bits per heavy atom. The van der Waals surface area contributed by atoms with Crippen LogP contribution in [0.2, 0.25) is 0 Å². The Morgan fingerprint density at radius 2 is 1.58 bits per heavy atom. The van der Waals surface area contributed by atoms with Crippen LogP contribution >= 0.6 is 0 Å². The summed E-state index contributed by atoms with van der Waals surface area (Å²) in [5, 5.41) is 3.47. The first-order valence-electron chi connectivity index (χ1n) is 9.05. The number of hydrogen-bond acceptors (Lipinski definition) is 4. The van der Waals surface area contributed by atoms with Crippen LogP contribution in [0.1, 0.15) is 58.8 Å². The van der Waals surface area contributed by atoms with Crippen molar-refractivity contribution in [1.29, 1.82) is 0 Å². The maximum absolute atomic E-state index is 14.1. The largest absolute Gasteiger partial charge is 0.460 e. The average Bonchev–Trinajstić information content (AvgIpc) is 2.49. The van der Waals surface area contributed by atoms with E-state index in [0.717, 1.165) is 0 Å². The van der Waals surface area contributed by atoms with Crippen molar-refractivity contribution in [3.05, 3.63) is 12.2 Å². The van der Waals surface area contributed by atoms with Crippen molar-refractivity contribution in [2.45, 2.75) is 87.8 Å². The van der Waals surface area contributed by atoms with Gasteiger partial charge >= 0.3 is 33.5 Å². The first kappa shape index (κ1) is 28.0. The molecule has 1 aliphatic carbocycles. The molecule has 14 heteroatoms. The van der Waals surface area contributed by atoms with E-state index in [2.05, 4.69) is 11.3 Å². The van der Waals surface area contributed by atoms with E-state index in [1.165, 1.54) is 13.8 Å². The molecule has 2 N–H and O–H groups in total. The SMILES string of the molecule is C=C1CCCC(CCC(F)(F)C(F)(F)OC(F)(F)C(F)(F)S(=O)(=O)O)(CC(C)(C)O)C1. The second-order valence-electron chi connectivity index (χ2n) is 8.60. The molecule has 1 atom stereocenters. The number of halogens is 8. The summed E-state index contributed by atoms with van der Waals surface area (Å²) in [6.45, 7) is 6.45. The molecule has 184 valence electrons. The van der Waals surface area contributed by atoms with E-state index in [1.54, 1.807) is 0 Å². The highest BCUT2D eigenvalue weighted by Gasteiger charge is 2.73. The zero-order valence-electron chi connectivity index (χ0n) is 16.7. The highest BCUT2D eigenvalue weighted by atomic mass is 32.2. The molecule has 0 amide bonds. The summed E-state index contributed by atoms with van der Waals surface area (Å²) in [4.78, 5) is 0. The average molecular weight is 492 g/mol. The minimum Gasteiger partial charge on any atom is -0.390 e. The monoisotopic (exact) mass is 492 g/mol. The predicted molar refractivity (Wildman–Crippen MR) is 92.6 cm³/mol. The minimum atomic E-state index is -6.97. The van der Waals surface area contributed by atoms with Gasteiger partial charge in [0, 0.05) is 6.42 Å². The molecule has 0 aromatic rings. The number of hydrogen-bond donors (Lipinski definition) is 2. The van der Waals surface area contributed by atoms with Gasteiger partial charge in [-0.05, 0) is 57.8 Å². The molecule has 1 unspecified atom stereocenters. The molecule has 0 aliphatic heterocycles. The molecular formula is C17H24F8O5S. The number of allylic oxidation sites excluding steroid dienone is 1. The van der Waals surface area contributed by atoms with E-state index in [4.69, 9.17) is 4.55 Å². The van der Waals surface area contributed by atoms with Crippen molar-refractivity contribution in [2.75, 3.05) is 0 Å². The molecule has 1 fully saturated rings. The molecule has 0 spiro atoms. The van der Waals surface area contributed by atoms with E-state index in [9.17, 15) is 48.6 Å². The van der Waals surface area contributed by atoms with Crippen molar-refractivity contribution in [1.82, 2.24) is 0 Å². The van der Waals surface area contributed by atoms with E-state index < -0.39 is 57.4 Å². The van der Waals surface area contributed by atoms with E-state index in [-0.39, 0.29) is 19.3 Å². The fourth-order valence-electron chi connectivity index (χ4n) is 3.80. The van der Waals surface area contributed by atoms with Gasteiger partial charge in [0.25, 0.3) is 0 Å². The molecule has 0 saturated heterocycles. The Hall–Kier alpha value is -0.990. The van der Waals surface area contributed by atoms with Gasteiger partial charge in [0.1, 0.15) is 0 Å². The summed E-state index contributed by atoms with van der Waals surface area (Å²) >= 11 is 0. The topological polar surface area (TPSA) is 83.8 Å². The van der Waals surface area contributed by atoms with Crippen LogP contribution in [0.15, 0.2) is 12.2 Å². The van der Waals surface area contributed by atoms with Gasteiger partial charge < -0.3 is 5.11 Å². The van der Waals surface area contributed by atoms with Gasteiger partial charge in [0.15, 0.2) is 0 Å². The highest BCUT2D eigenvalue weighted by molar-refractivity contribution is 7.86. The lowest BCUT2D eigenvalue weighted by molar-refractivity contribution is -0.457. The quantitative estimate of drug-likeness (QED) is 0.244. The number of ether oxygens (including phenoxy) is 1. The van der Waals surface area contributed by atoms with Crippen LogP contribution in [-0.2, 0) is 14.9 Å². The second-order valence-corrected chi connectivity index (χ2v) is 10.1. The number of alkyl halides is 8. The Labute approximate surface area is 174 Å². The molecule has 1 rings (SSSR count). The predicted octanol–water partition coefficient (Wildman–Crippen LogP) is 5.36. The Bertz CT molecular complexity index is 776. The minimum absolute atomic E-state index is 0.0937. The zero-order chi connectivity index (χ0) is 24.7. The van der Waals surface area contributed by atoms with Crippen LogP contribution in [0.4, 0.5) is 35.1 Å². The van der Waals surface area contributed by atoms with Crippen molar-refractivity contribution < 1.29 is 57.9 Å². The van der Waals surface area contributed by atoms with Crippen LogP contribution in [0.3, 0.4) is 0 Å². The molecular weight excluding hydrogens is 468 g/mol. The van der Waals surface area contributed by atoms with Crippen LogP contribution in [0.5, 0.6) is 0 Å². The summed E-state index contributed by atoms with van der Waals surface area (Å²) in [5.74, 6) is -5.42. The highest BCUT2D eigenvalue weighted by Crippen LogP contribution is 2.52. The number of rotatable bonds is 10. The lowest BCUT2D eigenvalue weighted by atomic mass is 9.64. The molecule has 0 heterocycles. The van der Waals surface area contributed by atoms with Crippen molar-refractivity contribution >= 4 is 10.1 Å². The van der Waals surface area contributed by atoms with Crippen LogP contribution in [-0.4, -0.2) is 47.1 Å². The summed E-state index contributed by atoms with van der Waals surface area (Å²) in [5.41, 5.74) is -1.91. The van der Waals surface area contributed by atoms with Crippen LogP contribution < -0.4 is 0 Å². The maximum atomic E-state index is 14.1. The van der Waals surface area contributed by atoms with Gasteiger partial charge in [-0.3, -0.25) is 4.55 Å². The third kappa shape index (κ3) is 6.51. The van der Waals surface area contributed by atoms with E-state index in [0.29, 0.717) is 18.4 Å². The standard InChI is InChI=1S/C17H24F8O5S/c1-11-5-4-6-13(9-11,10-12(2,3)26)7-8-14(18,19)15(20,21)30-16(22,23)17(24,25)31(27,28)29/h26H,1,4-10H2,2-3H3,(H,27,28,29). The first-order chi connectivity index (χ1) is 13.5. The maximum Gasteiger partial charge on any atom is 0.460 e.